The van der Waals surface area contributed by atoms with E-state index in [0.717, 1.165) is 0 Å². The molecule has 2 aromatic rings. The van der Waals surface area contributed by atoms with Crippen molar-refractivity contribution >= 4 is 39.0 Å². The molecule has 8 nitrogen and oxygen atoms in total. The Labute approximate surface area is 168 Å². The van der Waals surface area contributed by atoms with Crippen LogP contribution in [0.5, 0.6) is 0 Å². The van der Waals surface area contributed by atoms with E-state index in [4.69, 9.17) is 0 Å². The number of amides is 1. The van der Waals surface area contributed by atoms with E-state index < -0.39 is 15.1 Å². The number of Topliss-reactive ketones (excluding diaryl/α,β-unsaturated/α-hetero) is 1. The summed E-state index contributed by atoms with van der Waals surface area (Å²) in [5.74, 6) is 0.331. The second kappa shape index (κ2) is 8.04. The molecule has 3 rings (SSSR count). The molecule has 1 fully saturated rings. The molecule has 1 saturated heterocycles. The van der Waals surface area contributed by atoms with Crippen LogP contribution in [-0.4, -0.2) is 51.6 Å². The zero-order valence-electron chi connectivity index (χ0n) is 15.9. The highest BCUT2D eigenvalue weighted by atomic mass is 32.2. The molecule has 28 heavy (non-hydrogen) atoms. The van der Waals surface area contributed by atoms with Crippen LogP contribution >= 0.6 is 11.8 Å². The van der Waals surface area contributed by atoms with Crippen molar-refractivity contribution in [2.75, 3.05) is 16.8 Å². The van der Waals surface area contributed by atoms with Gasteiger partial charge in [-0.15, -0.1) is 10.2 Å². The number of thioether (sulfide) groups is 1. The van der Waals surface area contributed by atoms with E-state index in [1.807, 2.05) is 0 Å². The zero-order chi connectivity index (χ0) is 20.5. The first-order chi connectivity index (χ1) is 13.2. The fraction of sp³-hybridized carbons (Fsp3) is 0.444. The molecule has 0 saturated carbocycles. The molecule has 2 unspecified atom stereocenters. The number of hydrogen-bond donors (Lipinski definition) is 1. The van der Waals surface area contributed by atoms with E-state index >= 15 is 0 Å². The molecule has 150 valence electrons. The number of carbonyl (C=O) groups excluding carboxylic acids is 2. The van der Waals surface area contributed by atoms with Crippen LogP contribution in [0.25, 0.3) is 0 Å². The standard InChI is InChI=1S/C18H22N4O4S2/c1-11(23)14-6-4-5-7-15(14)19-17(24)12(2)27-18-21-20-16(22(18)3)13-8-9-28(25,26)10-13/h4-7,12-13H,8-10H2,1-3H3,(H,19,24). The molecule has 0 spiro atoms. The van der Waals surface area contributed by atoms with Gasteiger partial charge in [-0.1, -0.05) is 23.9 Å². The van der Waals surface area contributed by atoms with Gasteiger partial charge in [0.1, 0.15) is 5.82 Å². The number of benzene rings is 1. The SMILES string of the molecule is CC(=O)c1ccccc1NC(=O)C(C)Sc1nnc(C2CCS(=O)(=O)C2)n1C. The second-order valence-corrected chi connectivity index (χ2v) is 10.4. The van der Waals surface area contributed by atoms with Gasteiger partial charge in [-0.3, -0.25) is 9.59 Å². The van der Waals surface area contributed by atoms with Crippen molar-refractivity contribution in [3.05, 3.63) is 35.7 Å². The quantitative estimate of drug-likeness (QED) is 0.560. The van der Waals surface area contributed by atoms with Crippen LogP contribution in [0.2, 0.25) is 0 Å². The lowest BCUT2D eigenvalue weighted by atomic mass is 10.1. The maximum absolute atomic E-state index is 12.6. The third-order valence-corrected chi connectivity index (χ3v) is 7.58. The van der Waals surface area contributed by atoms with E-state index in [2.05, 4.69) is 15.5 Å². The van der Waals surface area contributed by atoms with Crippen LogP contribution in [0.3, 0.4) is 0 Å². The first-order valence-corrected chi connectivity index (χ1v) is 11.5. The fourth-order valence-corrected chi connectivity index (χ4v) is 5.69. The maximum atomic E-state index is 12.6. The van der Waals surface area contributed by atoms with Gasteiger partial charge in [0.05, 0.1) is 22.4 Å². The highest BCUT2D eigenvalue weighted by Crippen LogP contribution is 2.30. The number of ketones is 1. The number of hydrogen-bond acceptors (Lipinski definition) is 7. The lowest BCUT2D eigenvalue weighted by Gasteiger charge is -2.14. The van der Waals surface area contributed by atoms with Gasteiger partial charge in [0.25, 0.3) is 0 Å². The minimum absolute atomic E-state index is 0.0848. The number of para-hydroxylation sites is 1. The normalized spacial score (nSPS) is 19.3. The summed E-state index contributed by atoms with van der Waals surface area (Å²) in [6.45, 7) is 3.19. The average molecular weight is 423 g/mol. The van der Waals surface area contributed by atoms with Crippen LogP contribution in [-0.2, 0) is 21.7 Å². The third kappa shape index (κ3) is 4.44. The van der Waals surface area contributed by atoms with Crippen LogP contribution in [0.4, 0.5) is 5.69 Å². The van der Waals surface area contributed by atoms with Gasteiger partial charge in [-0.05, 0) is 32.4 Å². The molecule has 1 amide bonds. The molecule has 0 bridgehead atoms. The van der Waals surface area contributed by atoms with Gasteiger partial charge in [-0.2, -0.15) is 0 Å². The number of rotatable bonds is 6. The lowest BCUT2D eigenvalue weighted by Crippen LogP contribution is -2.24. The van der Waals surface area contributed by atoms with Crippen LogP contribution in [0, 0.1) is 0 Å². The minimum Gasteiger partial charge on any atom is -0.324 e. The molecule has 1 N–H and O–H groups in total. The number of aromatic nitrogens is 3. The largest absolute Gasteiger partial charge is 0.324 e. The Bertz CT molecular complexity index is 1020. The molecule has 0 radical (unpaired) electrons. The van der Waals surface area contributed by atoms with Crippen molar-refractivity contribution in [3.63, 3.8) is 0 Å². The summed E-state index contributed by atoms with van der Waals surface area (Å²) in [6, 6.07) is 6.85. The van der Waals surface area contributed by atoms with E-state index in [1.54, 1.807) is 42.8 Å². The highest BCUT2D eigenvalue weighted by Gasteiger charge is 2.33. The molecule has 1 aromatic heterocycles. The Kier molecular flexibility index (Phi) is 5.90. The molecule has 10 heteroatoms. The van der Waals surface area contributed by atoms with Crippen molar-refractivity contribution in [3.8, 4) is 0 Å². The van der Waals surface area contributed by atoms with Crippen LogP contribution in [0.1, 0.15) is 42.4 Å². The van der Waals surface area contributed by atoms with Crippen molar-refractivity contribution in [1.82, 2.24) is 14.8 Å². The summed E-state index contributed by atoms with van der Waals surface area (Å²) < 4.78 is 25.2. The zero-order valence-corrected chi connectivity index (χ0v) is 17.5. The summed E-state index contributed by atoms with van der Waals surface area (Å²) in [7, 11) is -1.24. The molecular weight excluding hydrogens is 400 g/mol. The number of nitrogens with one attached hydrogen (secondary N) is 1. The summed E-state index contributed by atoms with van der Waals surface area (Å²) in [5.41, 5.74) is 0.929. The number of nitrogens with zero attached hydrogens (tertiary/aromatic N) is 3. The number of sulfone groups is 1. The molecular formula is C18H22N4O4S2. The van der Waals surface area contributed by atoms with Crippen LogP contribution < -0.4 is 5.32 Å². The van der Waals surface area contributed by atoms with E-state index in [1.165, 1.54) is 18.7 Å². The van der Waals surface area contributed by atoms with E-state index in [0.29, 0.717) is 28.7 Å². The predicted molar refractivity (Wildman–Crippen MR) is 107 cm³/mol. The molecule has 1 aliphatic rings. The minimum atomic E-state index is -3.01. The molecule has 1 aliphatic heterocycles. The summed E-state index contributed by atoms with van der Waals surface area (Å²) >= 11 is 1.23. The molecule has 1 aromatic carbocycles. The topological polar surface area (TPSA) is 111 Å². The third-order valence-electron chi connectivity index (χ3n) is 4.68. The Morgan fingerprint density at radius 3 is 2.64 bits per heavy atom. The van der Waals surface area contributed by atoms with Crippen molar-refractivity contribution < 1.29 is 18.0 Å². The Morgan fingerprint density at radius 2 is 2.00 bits per heavy atom. The molecule has 0 aliphatic carbocycles. The number of carbonyl (C=O) groups is 2. The average Bonchev–Trinajstić information content (AvgIpc) is 3.17. The Hall–Kier alpha value is -2.20. The van der Waals surface area contributed by atoms with Gasteiger partial charge in [0.2, 0.25) is 5.91 Å². The second-order valence-electron chi connectivity index (χ2n) is 6.85. The van der Waals surface area contributed by atoms with Crippen molar-refractivity contribution in [1.29, 1.82) is 0 Å². The first-order valence-electron chi connectivity index (χ1n) is 8.85. The lowest BCUT2D eigenvalue weighted by molar-refractivity contribution is -0.115. The first kappa shape index (κ1) is 20.5. The van der Waals surface area contributed by atoms with Crippen LogP contribution in [0.15, 0.2) is 29.4 Å². The highest BCUT2D eigenvalue weighted by molar-refractivity contribution is 8.00. The fourth-order valence-electron chi connectivity index (χ4n) is 3.13. The Morgan fingerprint density at radius 1 is 1.29 bits per heavy atom. The van der Waals surface area contributed by atoms with E-state index in [-0.39, 0.29) is 29.1 Å². The van der Waals surface area contributed by atoms with Gasteiger partial charge < -0.3 is 9.88 Å². The smallest absolute Gasteiger partial charge is 0.237 e. The van der Waals surface area contributed by atoms with Gasteiger partial charge in [-0.25, -0.2) is 8.42 Å². The predicted octanol–water partition coefficient (Wildman–Crippen LogP) is 2.04. The summed E-state index contributed by atoms with van der Waals surface area (Å²) in [4.78, 5) is 24.3. The monoisotopic (exact) mass is 422 g/mol. The maximum Gasteiger partial charge on any atom is 0.237 e. The molecule has 2 heterocycles. The summed E-state index contributed by atoms with van der Waals surface area (Å²) in [6.07, 6.45) is 0.539. The van der Waals surface area contributed by atoms with E-state index in [9.17, 15) is 18.0 Å². The Balaban J connectivity index is 1.69. The van der Waals surface area contributed by atoms with Crippen molar-refractivity contribution in [2.45, 2.75) is 36.6 Å². The molecule has 2 atom stereocenters. The number of anilines is 1. The van der Waals surface area contributed by atoms with Gasteiger partial charge >= 0.3 is 0 Å². The van der Waals surface area contributed by atoms with Gasteiger partial charge in [0.15, 0.2) is 20.8 Å². The van der Waals surface area contributed by atoms with Gasteiger partial charge in [0, 0.05) is 18.5 Å². The van der Waals surface area contributed by atoms with Crippen molar-refractivity contribution in [2.24, 2.45) is 7.05 Å². The summed E-state index contributed by atoms with van der Waals surface area (Å²) in [5, 5.41) is 11.1.